The molecule has 1 aliphatic heterocycles. The molecule has 0 bridgehead atoms. The highest BCUT2D eigenvalue weighted by Crippen LogP contribution is 2.22. The highest BCUT2D eigenvalue weighted by molar-refractivity contribution is 6.31. The van der Waals surface area contributed by atoms with Crippen LogP contribution in [0.3, 0.4) is 0 Å². The van der Waals surface area contributed by atoms with Gasteiger partial charge in [-0.15, -0.1) is 0 Å². The monoisotopic (exact) mass is 346 g/mol. The Bertz CT molecular complexity index is 792. The molecule has 1 atom stereocenters. The summed E-state index contributed by atoms with van der Waals surface area (Å²) in [7, 11) is 0. The summed E-state index contributed by atoms with van der Waals surface area (Å²) in [5.74, 6) is -1.18. The molecule has 1 saturated heterocycles. The Morgan fingerprint density at radius 3 is 2.62 bits per heavy atom. The van der Waals surface area contributed by atoms with Crippen LogP contribution in [0.5, 0.6) is 0 Å². The second-order valence-electron chi connectivity index (χ2n) is 5.77. The lowest BCUT2D eigenvalue weighted by molar-refractivity contribution is -0.118. The Labute approximate surface area is 144 Å². The average Bonchev–Trinajstić information content (AvgIpc) is 2.92. The smallest absolute Gasteiger partial charge is 0.251 e. The van der Waals surface area contributed by atoms with Gasteiger partial charge in [-0.1, -0.05) is 29.3 Å². The molecule has 1 fully saturated rings. The summed E-state index contributed by atoms with van der Waals surface area (Å²) in [4.78, 5) is 26.4. The van der Waals surface area contributed by atoms with Crippen LogP contribution in [0.15, 0.2) is 42.5 Å². The van der Waals surface area contributed by atoms with E-state index in [0.717, 1.165) is 17.3 Å². The van der Waals surface area contributed by atoms with Gasteiger partial charge in [0, 0.05) is 17.8 Å². The summed E-state index contributed by atoms with van der Waals surface area (Å²) in [5, 5.41) is 2.57. The van der Waals surface area contributed by atoms with Crippen LogP contribution in [0.4, 0.5) is 10.1 Å². The Kier molecular flexibility index (Phi) is 4.53. The highest BCUT2D eigenvalue weighted by Gasteiger charge is 2.33. The Morgan fingerprint density at radius 1 is 1.25 bits per heavy atom. The number of benzene rings is 2. The first-order chi connectivity index (χ1) is 11.5. The van der Waals surface area contributed by atoms with Crippen molar-refractivity contribution < 1.29 is 14.0 Å². The lowest BCUT2D eigenvalue weighted by atomic mass is 10.1. The number of nitrogens with zero attached hydrogens (tertiary/aromatic N) is 1. The number of carbonyl (C=O) groups excluding carboxylic acids is 2. The Morgan fingerprint density at radius 2 is 1.96 bits per heavy atom. The predicted molar refractivity (Wildman–Crippen MR) is 90.8 cm³/mol. The first-order valence-corrected chi connectivity index (χ1v) is 7.97. The number of hydrogen-bond acceptors (Lipinski definition) is 2. The standard InChI is InChI=1S/C18H16ClFN2O2/c1-11-2-5-13(6-3-11)22-9-8-16(18(22)24)21-17(23)12-4-7-15(20)14(19)10-12/h2-7,10,16H,8-9H2,1H3,(H,21,23)/t16-/m0/s1. The van der Waals surface area contributed by atoms with E-state index in [0.29, 0.717) is 13.0 Å². The van der Waals surface area contributed by atoms with Crippen LogP contribution >= 0.6 is 11.6 Å². The molecule has 2 aromatic carbocycles. The topological polar surface area (TPSA) is 49.4 Å². The summed E-state index contributed by atoms with van der Waals surface area (Å²) >= 11 is 5.69. The minimum atomic E-state index is -0.595. The van der Waals surface area contributed by atoms with Gasteiger partial charge in [-0.2, -0.15) is 0 Å². The molecule has 0 radical (unpaired) electrons. The van der Waals surface area contributed by atoms with E-state index in [9.17, 15) is 14.0 Å². The average molecular weight is 347 g/mol. The zero-order chi connectivity index (χ0) is 17.3. The molecule has 0 aromatic heterocycles. The van der Waals surface area contributed by atoms with E-state index < -0.39 is 17.8 Å². The van der Waals surface area contributed by atoms with E-state index in [1.807, 2.05) is 31.2 Å². The lowest BCUT2D eigenvalue weighted by Gasteiger charge is -2.17. The number of halogens is 2. The van der Waals surface area contributed by atoms with Crippen LogP contribution in [-0.4, -0.2) is 24.4 Å². The van der Waals surface area contributed by atoms with E-state index in [1.54, 1.807) is 4.90 Å². The Hall–Kier alpha value is -2.40. The number of carbonyl (C=O) groups is 2. The number of hydrogen-bond donors (Lipinski definition) is 1. The summed E-state index contributed by atoms with van der Waals surface area (Å²) in [5.41, 5.74) is 2.15. The Balaban J connectivity index is 1.70. The van der Waals surface area contributed by atoms with Gasteiger partial charge in [0.1, 0.15) is 11.9 Å². The molecule has 4 nitrogen and oxygen atoms in total. The largest absolute Gasteiger partial charge is 0.340 e. The third-order valence-corrected chi connectivity index (χ3v) is 4.33. The van der Waals surface area contributed by atoms with Crippen molar-refractivity contribution in [1.82, 2.24) is 5.32 Å². The SMILES string of the molecule is Cc1ccc(N2CC[C@H](NC(=O)c3ccc(F)c(Cl)c3)C2=O)cc1. The number of rotatable bonds is 3. The molecule has 3 rings (SSSR count). The molecular formula is C18H16ClFN2O2. The van der Waals surface area contributed by atoms with Crippen molar-refractivity contribution in [2.75, 3.05) is 11.4 Å². The first-order valence-electron chi connectivity index (χ1n) is 7.59. The van der Waals surface area contributed by atoms with Crippen molar-refractivity contribution in [3.63, 3.8) is 0 Å². The van der Waals surface area contributed by atoms with Crippen molar-refractivity contribution >= 4 is 29.1 Å². The van der Waals surface area contributed by atoms with Crippen LogP contribution in [0, 0.1) is 12.7 Å². The fourth-order valence-corrected chi connectivity index (χ4v) is 2.85. The molecule has 0 aliphatic carbocycles. The quantitative estimate of drug-likeness (QED) is 0.926. The number of anilines is 1. The van der Waals surface area contributed by atoms with Gasteiger partial charge < -0.3 is 10.2 Å². The van der Waals surface area contributed by atoms with Gasteiger partial charge in [0.2, 0.25) is 5.91 Å². The maximum absolute atomic E-state index is 13.2. The van der Waals surface area contributed by atoms with Crippen molar-refractivity contribution in [1.29, 1.82) is 0 Å². The third-order valence-electron chi connectivity index (χ3n) is 4.04. The maximum Gasteiger partial charge on any atom is 0.251 e. The highest BCUT2D eigenvalue weighted by atomic mass is 35.5. The summed E-state index contributed by atoms with van der Waals surface area (Å²) in [6.45, 7) is 2.52. The van der Waals surface area contributed by atoms with Crippen molar-refractivity contribution in [2.45, 2.75) is 19.4 Å². The fraction of sp³-hybridized carbons (Fsp3) is 0.222. The molecule has 24 heavy (non-hydrogen) atoms. The van der Waals surface area contributed by atoms with Crippen LogP contribution < -0.4 is 10.2 Å². The van der Waals surface area contributed by atoms with Crippen LogP contribution in [0.25, 0.3) is 0 Å². The normalized spacial score (nSPS) is 17.2. The molecule has 1 heterocycles. The van der Waals surface area contributed by atoms with Gasteiger partial charge in [0.05, 0.1) is 5.02 Å². The molecule has 2 aromatic rings. The minimum Gasteiger partial charge on any atom is -0.340 e. The molecule has 1 N–H and O–H groups in total. The van der Waals surface area contributed by atoms with Gasteiger partial charge in [0.15, 0.2) is 0 Å². The summed E-state index contributed by atoms with van der Waals surface area (Å²) in [6.07, 6.45) is 0.521. The second-order valence-corrected chi connectivity index (χ2v) is 6.18. The van der Waals surface area contributed by atoms with E-state index in [1.165, 1.54) is 12.1 Å². The minimum absolute atomic E-state index is 0.123. The molecule has 2 amide bonds. The first kappa shape index (κ1) is 16.5. The summed E-state index contributed by atoms with van der Waals surface area (Å²) < 4.78 is 13.2. The fourth-order valence-electron chi connectivity index (χ4n) is 2.67. The van der Waals surface area contributed by atoms with E-state index in [-0.39, 0.29) is 16.5 Å². The molecule has 1 aliphatic rings. The van der Waals surface area contributed by atoms with Crippen molar-refractivity contribution in [2.24, 2.45) is 0 Å². The van der Waals surface area contributed by atoms with Crippen molar-refractivity contribution in [3.05, 3.63) is 64.4 Å². The zero-order valence-corrected chi connectivity index (χ0v) is 13.8. The molecule has 6 heteroatoms. The maximum atomic E-state index is 13.2. The van der Waals surface area contributed by atoms with Crippen LogP contribution in [0.2, 0.25) is 5.02 Å². The number of aryl methyl sites for hydroxylation is 1. The second kappa shape index (κ2) is 6.61. The van der Waals surface area contributed by atoms with E-state index in [4.69, 9.17) is 11.6 Å². The number of nitrogens with one attached hydrogen (secondary N) is 1. The van der Waals surface area contributed by atoms with Crippen LogP contribution in [-0.2, 0) is 4.79 Å². The van der Waals surface area contributed by atoms with Crippen LogP contribution in [0.1, 0.15) is 22.3 Å². The zero-order valence-electron chi connectivity index (χ0n) is 13.1. The predicted octanol–water partition coefficient (Wildman–Crippen LogP) is 3.32. The van der Waals surface area contributed by atoms with E-state index >= 15 is 0 Å². The molecule has 0 spiro atoms. The van der Waals surface area contributed by atoms with E-state index in [2.05, 4.69) is 5.32 Å². The number of amides is 2. The third kappa shape index (κ3) is 3.26. The molecular weight excluding hydrogens is 331 g/mol. The van der Waals surface area contributed by atoms with Gasteiger partial charge in [-0.25, -0.2) is 4.39 Å². The molecule has 124 valence electrons. The van der Waals surface area contributed by atoms with Gasteiger partial charge in [-0.3, -0.25) is 9.59 Å². The van der Waals surface area contributed by atoms with Gasteiger partial charge >= 0.3 is 0 Å². The van der Waals surface area contributed by atoms with Gasteiger partial charge in [-0.05, 0) is 43.7 Å². The van der Waals surface area contributed by atoms with Crippen molar-refractivity contribution in [3.8, 4) is 0 Å². The molecule has 0 unspecified atom stereocenters. The summed E-state index contributed by atoms with van der Waals surface area (Å²) in [6, 6.07) is 10.8. The van der Waals surface area contributed by atoms with Gasteiger partial charge in [0.25, 0.3) is 5.91 Å². The molecule has 0 saturated carbocycles. The lowest BCUT2D eigenvalue weighted by Crippen LogP contribution is -2.41.